The van der Waals surface area contributed by atoms with Gasteiger partial charge in [0.1, 0.15) is 17.6 Å². The zero-order chi connectivity index (χ0) is 14.8. The lowest BCUT2D eigenvalue weighted by atomic mass is 10.0. The van der Waals surface area contributed by atoms with Crippen LogP contribution in [-0.2, 0) is 9.59 Å². The maximum atomic E-state index is 12.1. The van der Waals surface area contributed by atoms with E-state index in [2.05, 4.69) is 15.6 Å². The summed E-state index contributed by atoms with van der Waals surface area (Å²) in [5, 5.41) is 6.47. The molecule has 3 N–H and O–H groups in total. The largest absolute Gasteiger partial charge is 0.497 e. The highest BCUT2D eigenvalue weighted by atomic mass is 16.5. The molecule has 0 spiro atoms. The van der Waals surface area contributed by atoms with E-state index in [0.717, 1.165) is 23.1 Å². The Labute approximate surface area is 121 Å². The van der Waals surface area contributed by atoms with Gasteiger partial charge < -0.3 is 20.4 Å². The average Bonchev–Trinajstić information content (AvgIpc) is 2.88. The van der Waals surface area contributed by atoms with Crippen LogP contribution in [0.25, 0.3) is 10.9 Å². The first-order valence-electron chi connectivity index (χ1n) is 6.93. The van der Waals surface area contributed by atoms with Crippen LogP contribution >= 0.6 is 0 Å². The summed E-state index contributed by atoms with van der Waals surface area (Å²) < 4.78 is 5.17. The predicted molar refractivity (Wildman–Crippen MR) is 79.3 cm³/mol. The van der Waals surface area contributed by atoms with Crippen molar-refractivity contribution in [3.05, 3.63) is 24.3 Å². The number of rotatable bonds is 3. The number of nitrogens with one attached hydrogen (secondary N) is 3. The van der Waals surface area contributed by atoms with E-state index >= 15 is 0 Å². The number of carbonyl (C=O) groups is 2. The molecule has 21 heavy (non-hydrogen) atoms. The number of methoxy groups -OCH3 is 1. The summed E-state index contributed by atoms with van der Waals surface area (Å²) in [4.78, 5) is 26.6. The molecule has 6 heteroatoms. The molecular formula is C15H17N3O3. The number of benzene rings is 1. The van der Waals surface area contributed by atoms with E-state index in [1.807, 2.05) is 24.3 Å². The summed E-state index contributed by atoms with van der Waals surface area (Å²) in [7, 11) is 1.61. The van der Waals surface area contributed by atoms with Crippen molar-refractivity contribution in [1.82, 2.24) is 10.3 Å². The number of hydrogen-bond acceptors (Lipinski definition) is 3. The van der Waals surface area contributed by atoms with E-state index in [1.165, 1.54) is 0 Å². The van der Waals surface area contributed by atoms with Gasteiger partial charge in [-0.3, -0.25) is 9.59 Å². The second-order valence-electron chi connectivity index (χ2n) is 5.14. The first kappa shape index (κ1) is 13.5. The van der Waals surface area contributed by atoms with Crippen molar-refractivity contribution >= 4 is 28.5 Å². The fraction of sp³-hybridized carbons (Fsp3) is 0.333. The maximum Gasteiger partial charge on any atom is 0.248 e. The monoisotopic (exact) mass is 287 g/mol. The molecule has 0 bridgehead atoms. The molecule has 1 atom stereocenters. The fourth-order valence-electron chi connectivity index (χ4n) is 2.53. The minimum atomic E-state index is -0.452. The highest BCUT2D eigenvalue weighted by molar-refractivity contribution is 5.99. The average molecular weight is 287 g/mol. The van der Waals surface area contributed by atoms with E-state index in [4.69, 9.17) is 4.74 Å². The Hall–Kier alpha value is -2.50. The molecule has 1 aromatic carbocycles. The summed E-state index contributed by atoms with van der Waals surface area (Å²) in [6.07, 6.45) is 1.91. The molecule has 1 aromatic heterocycles. The number of hydrogen-bond donors (Lipinski definition) is 3. The Kier molecular flexibility index (Phi) is 3.51. The zero-order valence-corrected chi connectivity index (χ0v) is 11.7. The summed E-state index contributed by atoms with van der Waals surface area (Å²) in [6, 6.07) is 7.04. The molecule has 110 valence electrons. The third kappa shape index (κ3) is 2.84. The lowest BCUT2D eigenvalue weighted by Gasteiger charge is -2.21. The number of aromatic amines is 1. The topological polar surface area (TPSA) is 83.2 Å². The van der Waals surface area contributed by atoms with Gasteiger partial charge in [0.2, 0.25) is 11.8 Å². The molecule has 2 heterocycles. The quantitative estimate of drug-likeness (QED) is 0.804. The van der Waals surface area contributed by atoms with Gasteiger partial charge in [-0.05, 0) is 37.1 Å². The molecule has 3 rings (SSSR count). The molecule has 1 unspecified atom stereocenters. The van der Waals surface area contributed by atoms with E-state index < -0.39 is 6.04 Å². The SMILES string of the molecule is COc1ccc2[nH]c(NC(=O)C3CCCC(=O)N3)cc2c1. The molecule has 1 aliphatic rings. The molecule has 0 saturated carbocycles. The van der Waals surface area contributed by atoms with Crippen LogP contribution in [0.4, 0.5) is 5.82 Å². The number of anilines is 1. The Morgan fingerprint density at radius 3 is 3.00 bits per heavy atom. The second kappa shape index (κ2) is 5.47. The van der Waals surface area contributed by atoms with Crippen molar-refractivity contribution in [2.45, 2.75) is 25.3 Å². The molecule has 0 aliphatic carbocycles. The molecule has 0 radical (unpaired) electrons. The summed E-state index contributed by atoms with van der Waals surface area (Å²) in [6.45, 7) is 0. The number of H-pyrrole nitrogens is 1. The van der Waals surface area contributed by atoms with Crippen LogP contribution in [0, 0.1) is 0 Å². The smallest absolute Gasteiger partial charge is 0.248 e. The van der Waals surface area contributed by atoms with E-state index in [9.17, 15) is 9.59 Å². The van der Waals surface area contributed by atoms with Crippen molar-refractivity contribution in [2.75, 3.05) is 12.4 Å². The predicted octanol–water partition coefficient (Wildman–Crippen LogP) is 1.78. The van der Waals surface area contributed by atoms with Gasteiger partial charge >= 0.3 is 0 Å². The van der Waals surface area contributed by atoms with E-state index in [-0.39, 0.29) is 11.8 Å². The Bertz CT molecular complexity index is 693. The van der Waals surface area contributed by atoms with Crippen molar-refractivity contribution in [2.24, 2.45) is 0 Å². The third-order valence-electron chi connectivity index (χ3n) is 3.63. The second-order valence-corrected chi connectivity index (χ2v) is 5.14. The van der Waals surface area contributed by atoms with Gasteiger partial charge in [-0.2, -0.15) is 0 Å². The van der Waals surface area contributed by atoms with Crippen LogP contribution < -0.4 is 15.4 Å². The number of aromatic nitrogens is 1. The summed E-state index contributed by atoms with van der Waals surface area (Å²) in [5.41, 5.74) is 0.916. The first-order chi connectivity index (χ1) is 10.2. The fourth-order valence-corrected chi connectivity index (χ4v) is 2.53. The first-order valence-corrected chi connectivity index (χ1v) is 6.93. The molecule has 1 aliphatic heterocycles. The summed E-state index contributed by atoms with van der Waals surface area (Å²) >= 11 is 0. The minimum absolute atomic E-state index is 0.0669. The van der Waals surface area contributed by atoms with Crippen LogP contribution in [0.1, 0.15) is 19.3 Å². The molecular weight excluding hydrogens is 270 g/mol. The highest BCUT2D eigenvalue weighted by Gasteiger charge is 2.24. The van der Waals surface area contributed by atoms with Gasteiger partial charge in [0, 0.05) is 17.3 Å². The number of fused-ring (bicyclic) bond motifs is 1. The van der Waals surface area contributed by atoms with Crippen LogP contribution in [-0.4, -0.2) is 29.9 Å². The Morgan fingerprint density at radius 2 is 2.24 bits per heavy atom. The van der Waals surface area contributed by atoms with Crippen molar-refractivity contribution in [1.29, 1.82) is 0 Å². The van der Waals surface area contributed by atoms with Gasteiger partial charge in [0.05, 0.1) is 7.11 Å². The number of carbonyl (C=O) groups excluding carboxylic acids is 2. The van der Waals surface area contributed by atoms with Crippen LogP contribution in [0.15, 0.2) is 24.3 Å². The standard InChI is InChI=1S/C15H17N3O3/c1-21-10-5-6-11-9(7-10)8-13(16-11)18-15(20)12-3-2-4-14(19)17-12/h5-8,12,16H,2-4H2,1H3,(H,17,19)(H,18,20). The Morgan fingerprint density at radius 1 is 1.38 bits per heavy atom. The maximum absolute atomic E-state index is 12.1. The van der Waals surface area contributed by atoms with Gasteiger partial charge in [-0.15, -0.1) is 0 Å². The van der Waals surface area contributed by atoms with Crippen LogP contribution in [0.5, 0.6) is 5.75 Å². The van der Waals surface area contributed by atoms with Crippen molar-refractivity contribution in [3.63, 3.8) is 0 Å². The zero-order valence-electron chi connectivity index (χ0n) is 11.7. The molecule has 2 aromatic rings. The Balaban J connectivity index is 1.75. The number of piperidine rings is 1. The number of ether oxygens (including phenoxy) is 1. The lowest BCUT2D eigenvalue weighted by Crippen LogP contribution is -2.46. The van der Waals surface area contributed by atoms with Crippen molar-refractivity contribution < 1.29 is 14.3 Å². The lowest BCUT2D eigenvalue weighted by molar-refractivity contribution is -0.128. The minimum Gasteiger partial charge on any atom is -0.497 e. The van der Waals surface area contributed by atoms with Gasteiger partial charge in [-0.25, -0.2) is 0 Å². The van der Waals surface area contributed by atoms with Gasteiger partial charge in [0.25, 0.3) is 0 Å². The third-order valence-corrected chi connectivity index (χ3v) is 3.63. The van der Waals surface area contributed by atoms with E-state index in [0.29, 0.717) is 18.7 Å². The van der Waals surface area contributed by atoms with Gasteiger partial charge in [-0.1, -0.05) is 0 Å². The van der Waals surface area contributed by atoms with Crippen molar-refractivity contribution in [3.8, 4) is 5.75 Å². The van der Waals surface area contributed by atoms with Crippen LogP contribution in [0.3, 0.4) is 0 Å². The molecule has 1 fully saturated rings. The number of amides is 2. The summed E-state index contributed by atoms with van der Waals surface area (Å²) in [5.74, 6) is 1.12. The van der Waals surface area contributed by atoms with E-state index in [1.54, 1.807) is 7.11 Å². The molecule has 1 saturated heterocycles. The molecule has 6 nitrogen and oxygen atoms in total. The van der Waals surface area contributed by atoms with Gasteiger partial charge in [0.15, 0.2) is 0 Å². The normalized spacial score (nSPS) is 18.3. The molecule has 2 amide bonds. The highest BCUT2D eigenvalue weighted by Crippen LogP contribution is 2.23. The van der Waals surface area contributed by atoms with Crippen LogP contribution in [0.2, 0.25) is 0 Å².